The lowest BCUT2D eigenvalue weighted by Gasteiger charge is -2.39. The number of hydrogen-bond acceptors (Lipinski definition) is 9. The van der Waals surface area contributed by atoms with Crippen LogP contribution in [0.2, 0.25) is 0 Å². The number of anilines is 1. The number of aliphatic hydroxyl groups excluding tert-OH is 3. The van der Waals surface area contributed by atoms with Crippen LogP contribution in [0.5, 0.6) is 0 Å². The number of fused-ring (bicyclic) bond motifs is 1. The average molecular weight is 504 g/mol. The van der Waals surface area contributed by atoms with Crippen LogP contribution in [0.1, 0.15) is 47.8 Å². The van der Waals surface area contributed by atoms with Crippen LogP contribution in [0.3, 0.4) is 0 Å². The lowest BCUT2D eigenvalue weighted by atomic mass is 9.96. The van der Waals surface area contributed by atoms with Crippen molar-refractivity contribution in [3.63, 3.8) is 0 Å². The van der Waals surface area contributed by atoms with Crippen molar-refractivity contribution in [2.24, 2.45) is 5.92 Å². The number of rotatable bonds is 6. The summed E-state index contributed by atoms with van der Waals surface area (Å²) in [6.07, 6.45) is -0.583. The molecule has 4 heterocycles. The third kappa shape index (κ3) is 5.22. The molecule has 36 heavy (non-hydrogen) atoms. The van der Waals surface area contributed by atoms with E-state index in [1.165, 1.54) is 4.90 Å². The Kier molecular flexibility index (Phi) is 7.47. The minimum atomic E-state index is -1.27. The van der Waals surface area contributed by atoms with Gasteiger partial charge in [-0.3, -0.25) is 24.3 Å². The van der Waals surface area contributed by atoms with E-state index in [1.54, 1.807) is 6.07 Å². The molecule has 3 fully saturated rings. The maximum Gasteiger partial charge on any atom is 0.257 e. The smallest absolute Gasteiger partial charge is 0.257 e. The standard InChI is InChI=1S/C25H37N5O6/c31-21-4-3-20(23(34)26-21)30-24(35)18-2-1-17(13-19(18)25(30)36)29-11-9-28(10-12-29)14-16-5-7-27(8-6-16)15-22(32)33/h1-2,13,16,20-22,25,31-33,36H,3-12,14-15H2,(H,26,34). The van der Waals surface area contributed by atoms with E-state index in [0.717, 1.165) is 64.3 Å². The highest BCUT2D eigenvalue weighted by molar-refractivity contribution is 6.02. The molecule has 11 heteroatoms. The van der Waals surface area contributed by atoms with Gasteiger partial charge in [0.15, 0.2) is 12.5 Å². The summed E-state index contributed by atoms with van der Waals surface area (Å²) in [4.78, 5) is 33.5. The zero-order chi connectivity index (χ0) is 25.4. The van der Waals surface area contributed by atoms with E-state index in [9.17, 15) is 19.8 Å². The van der Waals surface area contributed by atoms with Crippen molar-refractivity contribution in [3.8, 4) is 0 Å². The van der Waals surface area contributed by atoms with E-state index in [-0.39, 0.29) is 5.91 Å². The first kappa shape index (κ1) is 25.4. The minimum absolute atomic E-state index is 0.307. The molecule has 11 nitrogen and oxygen atoms in total. The van der Waals surface area contributed by atoms with Gasteiger partial charge in [-0.15, -0.1) is 0 Å². The minimum Gasteiger partial charge on any atom is -0.374 e. The maximum absolute atomic E-state index is 13.0. The summed E-state index contributed by atoms with van der Waals surface area (Å²) in [6, 6.07) is 4.73. The largest absolute Gasteiger partial charge is 0.374 e. The third-order valence-corrected chi connectivity index (χ3v) is 8.09. The first-order valence-electron chi connectivity index (χ1n) is 13.0. The summed E-state index contributed by atoms with van der Waals surface area (Å²) in [5.41, 5.74) is 1.91. The molecule has 2 amide bonds. The molecule has 0 bridgehead atoms. The van der Waals surface area contributed by atoms with Crippen LogP contribution >= 0.6 is 0 Å². The topological polar surface area (TPSA) is 140 Å². The summed E-state index contributed by atoms with van der Waals surface area (Å²) < 4.78 is 0. The average Bonchev–Trinajstić information content (AvgIpc) is 3.10. The monoisotopic (exact) mass is 503 g/mol. The third-order valence-electron chi connectivity index (χ3n) is 8.09. The fourth-order valence-electron chi connectivity index (χ4n) is 6.05. The summed E-state index contributed by atoms with van der Waals surface area (Å²) in [5.74, 6) is -0.180. The Bertz CT molecular complexity index is 960. The first-order valence-corrected chi connectivity index (χ1v) is 13.0. The second-order valence-corrected chi connectivity index (χ2v) is 10.5. The molecule has 0 aromatic heterocycles. The number of hydrogen-bond donors (Lipinski definition) is 5. The Morgan fingerprint density at radius 1 is 0.917 bits per heavy atom. The molecule has 0 saturated carbocycles. The van der Waals surface area contributed by atoms with Gasteiger partial charge in [-0.2, -0.15) is 0 Å². The maximum atomic E-state index is 13.0. The second kappa shape index (κ2) is 10.6. The summed E-state index contributed by atoms with van der Waals surface area (Å²) in [5, 5.41) is 41.4. The van der Waals surface area contributed by atoms with Crippen molar-refractivity contribution in [2.45, 2.75) is 50.5 Å². The number of piperazine rings is 1. The van der Waals surface area contributed by atoms with Gasteiger partial charge in [-0.1, -0.05) is 0 Å². The van der Waals surface area contributed by atoms with E-state index in [1.807, 2.05) is 12.1 Å². The van der Waals surface area contributed by atoms with Gasteiger partial charge in [0.05, 0.1) is 0 Å². The Morgan fingerprint density at radius 3 is 2.31 bits per heavy atom. The van der Waals surface area contributed by atoms with Gasteiger partial charge in [-0.25, -0.2) is 0 Å². The number of piperidine rings is 2. The van der Waals surface area contributed by atoms with E-state index in [4.69, 9.17) is 10.2 Å². The molecule has 3 saturated heterocycles. The van der Waals surface area contributed by atoms with E-state index in [2.05, 4.69) is 20.0 Å². The van der Waals surface area contributed by atoms with Crippen LogP contribution in [-0.2, 0) is 4.79 Å². The fraction of sp³-hybridized carbons (Fsp3) is 0.680. The van der Waals surface area contributed by atoms with Crippen LogP contribution < -0.4 is 10.2 Å². The highest BCUT2D eigenvalue weighted by Crippen LogP contribution is 2.37. The van der Waals surface area contributed by atoms with Crippen LogP contribution in [-0.4, -0.2) is 118 Å². The number of carbonyl (C=O) groups excluding carboxylic acids is 2. The van der Waals surface area contributed by atoms with Crippen molar-refractivity contribution in [1.29, 1.82) is 0 Å². The van der Waals surface area contributed by atoms with E-state index in [0.29, 0.717) is 36.4 Å². The van der Waals surface area contributed by atoms with Crippen molar-refractivity contribution in [2.75, 3.05) is 57.3 Å². The molecule has 1 aromatic carbocycles. The predicted molar refractivity (Wildman–Crippen MR) is 131 cm³/mol. The zero-order valence-electron chi connectivity index (χ0n) is 20.5. The molecule has 3 unspecified atom stereocenters. The van der Waals surface area contributed by atoms with Crippen molar-refractivity contribution < 1.29 is 30.0 Å². The number of nitrogens with one attached hydrogen (secondary N) is 1. The highest BCUT2D eigenvalue weighted by Gasteiger charge is 2.44. The zero-order valence-corrected chi connectivity index (χ0v) is 20.5. The number of β-amino-alcohol motifs (C(OH)–C–C–N with tert-alkyl or cyclic N) is 2. The number of benzene rings is 1. The molecule has 5 rings (SSSR count). The second-order valence-electron chi connectivity index (χ2n) is 10.5. The molecule has 198 valence electrons. The Hall–Kier alpha value is -2.28. The normalized spacial score (nSPS) is 28.6. The molecule has 5 N–H and O–H groups in total. The number of carbonyl (C=O) groups is 2. The molecule has 3 atom stereocenters. The van der Waals surface area contributed by atoms with Gasteiger partial charge in [0.1, 0.15) is 12.3 Å². The quantitative estimate of drug-likeness (QED) is 0.305. The van der Waals surface area contributed by atoms with Crippen LogP contribution in [0.25, 0.3) is 0 Å². The van der Waals surface area contributed by atoms with Crippen molar-refractivity contribution in [3.05, 3.63) is 29.3 Å². The number of likely N-dealkylation sites (tertiary alicyclic amines) is 1. The Balaban J connectivity index is 1.16. The van der Waals surface area contributed by atoms with Crippen molar-refractivity contribution in [1.82, 2.24) is 20.0 Å². The summed E-state index contributed by atoms with van der Waals surface area (Å²) in [6.45, 7) is 6.75. The SMILES string of the molecule is O=C1NC(O)CCC1N1C(=O)c2ccc(N3CCN(CC4CCN(CC(O)O)CC4)CC3)cc2C1O. The lowest BCUT2D eigenvalue weighted by Crippen LogP contribution is -2.54. The van der Waals surface area contributed by atoms with Crippen molar-refractivity contribution >= 4 is 17.5 Å². The van der Waals surface area contributed by atoms with Gasteiger partial charge in [0.25, 0.3) is 5.91 Å². The number of amides is 2. The Labute approximate surface area is 210 Å². The van der Waals surface area contributed by atoms with Gasteiger partial charge >= 0.3 is 0 Å². The highest BCUT2D eigenvalue weighted by atomic mass is 16.5. The van der Waals surface area contributed by atoms with E-state index < -0.39 is 30.7 Å². The van der Waals surface area contributed by atoms with Gasteiger partial charge in [0, 0.05) is 56.1 Å². The van der Waals surface area contributed by atoms with Crippen LogP contribution in [0, 0.1) is 5.92 Å². The molecule has 0 radical (unpaired) electrons. The number of nitrogens with zero attached hydrogens (tertiary/aromatic N) is 4. The van der Waals surface area contributed by atoms with Gasteiger partial charge < -0.3 is 30.6 Å². The summed E-state index contributed by atoms with van der Waals surface area (Å²) >= 11 is 0. The van der Waals surface area contributed by atoms with Gasteiger partial charge in [0.2, 0.25) is 5.91 Å². The molecule has 1 aromatic rings. The van der Waals surface area contributed by atoms with Gasteiger partial charge in [-0.05, 0) is 62.9 Å². The fourth-order valence-corrected chi connectivity index (χ4v) is 6.05. The number of aliphatic hydroxyl groups is 4. The molecule has 0 spiro atoms. The predicted octanol–water partition coefficient (Wildman–Crippen LogP) is -1.12. The molecule has 4 aliphatic heterocycles. The first-order chi connectivity index (χ1) is 17.3. The molecular weight excluding hydrogens is 466 g/mol. The van der Waals surface area contributed by atoms with Crippen LogP contribution in [0.15, 0.2) is 18.2 Å². The Morgan fingerprint density at radius 2 is 1.64 bits per heavy atom. The van der Waals surface area contributed by atoms with Crippen LogP contribution in [0.4, 0.5) is 5.69 Å². The summed E-state index contributed by atoms with van der Waals surface area (Å²) in [7, 11) is 0. The lowest BCUT2D eigenvalue weighted by molar-refractivity contribution is -0.136. The molecule has 4 aliphatic rings. The molecule has 0 aliphatic carbocycles. The van der Waals surface area contributed by atoms with E-state index >= 15 is 0 Å². The molecular formula is C25H37N5O6.